The third kappa shape index (κ3) is 6.58. The van der Waals surface area contributed by atoms with Crippen LogP contribution in [0.2, 0.25) is 0 Å². The lowest BCUT2D eigenvalue weighted by atomic mass is 10.3. The number of aliphatic imine (C=N–C) groups is 1. The molecule has 0 aromatic heterocycles. The Morgan fingerprint density at radius 1 is 1.41 bits per heavy atom. The van der Waals surface area contributed by atoms with Crippen LogP contribution in [0.3, 0.4) is 0 Å². The maximum Gasteiger partial charge on any atom is 0.154 e. The van der Waals surface area contributed by atoms with Crippen LogP contribution < -0.4 is 10.5 Å². The fourth-order valence-electron chi connectivity index (χ4n) is 1.13. The maximum absolute atomic E-state index is 5.73. The van der Waals surface area contributed by atoms with Gasteiger partial charge in [-0.05, 0) is 38.1 Å². The number of benzene rings is 1. The van der Waals surface area contributed by atoms with Crippen molar-refractivity contribution in [2.45, 2.75) is 19.9 Å². The van der Waals surface area contributed by atoms with E-state index in [1.807, 2.05) is 38.1 Å². The number of ether oxygens (including phenoxy) is 1. The zero-order valence-electron chi connectivity index (χ0n) is 10.0. The van der Waals surface area contributed by atoms with Crippen molar-refractivity contribution in [3.8, 4) is 5.75 Å². The monoisotopic (exact) mass is 316 g/mol. The fourth-order valence-corrected chi connectivity index (χ4v) is 2.05. The number of nitrogens with two attached hydrogens (primary N) is 1. The molecule has 1 rings (SSSR count). The third-order valence-corrected chi connectivity index (χ3v) is 3.10. The normalized spacial score (nSPS) is 11.9. The molecule has 94 valence electrons. The van der Waals surface area contributed by atoms with E-state index in [0.29, 0.717) is 11.8 Å². The molecule has 0 aliphatic rings. The first kappa shape index (κ1) is 14.4. The summed E-state index contributed by atoms with van der Waals surface area (Å²) in [5, 5.41) is 0.624. The van der Waals surface area contributed by atoms with Crippen molar-refractivity contribution in [2.75, 3.05) is 12.4 Å². The highest BCUT2D eigenvalue weighted by molar-refractivity contribution is 9.10. The summed E-state index contributed by atoms with van der Waals surface area (Å²) in [5.41, 5.74) is 5.73. The van der Waals surface area contributed by atoms with Gasteiger partial charge in [0.1, 0.15) is 5.75 Å². The van der Waals surface area contributed by atoms with Gasteiger partial charge in [0.05, 0.1) is 6.61 Å². The molecule has 0 unspecified atom stereocenters. The van der Waals surface area contributed by atoms with E-state index >= 15 is 0 Å². The first-order valence-electron chi connectivity index (χ1n) is 5.42. The summed E-state index contributed by atoms with van der Waals surface area (Å²) in [6.07, 6.45) is 0. The molecule has 0 saturated carbocycles. The van der Waals surface area contributed by atoms with E-state index < -0.39 is 0 Å². The number of rotatable bonds is 5. The summed E-state index contributed by atoms with van der Waals surface area (Å²) >= 11 is 4.90. The molecule has 1 aromatic rings. The fraction of sp³-hybridized carbons (Fsp3) is 0.417. The van der Waals surface area contributed by atoms with Crippen LogP contribution in [-0.2, 0) is 0 Å². The quantitative estimate of drug-likeness (QED) is 0.515. The van der Waals surface area contributed by atoms with Gasteiger partial charge in [-0.25, -0.2) is 0 Å². The number of nitrogens with zero attached hydrogens (tertiary/aromatic N) is 1. The maximum atomic E-state index is 5.73. The lowest BCUT2D eigenvalue weighted by Gasteiger charge is -2.06. The molecule has 3 nitrogen and oxygen atoms in total. The van der Waals surface area contributed by atoms with Crippen molar-refractivity contribution in [3.05, 3.63) is 28.7 Å². The summed E-state index contributed by atoms with van der Waals surface area (Å²) in [5.74, 6) is 1.67. The predicted molar refractivity (Wildman–Crippen MR) is 78.9 cm³/mol. The van der Waals surface area contributed by atoms with Crippen LogP contribution in [0.5, 0.6) is 5.75 Å². The minimum Gasteiger partial charge on any atom is -0.493 e. The van der Waals surface area contributed by atoms with E-state index in [-0.39, 0.29) is 6.04 Å². The van der Waals surface area contributed by atoms with Gasteiger partial charge in [-0.15, -0.1) is 0 Å². The minimum absolute atomic E-state index is 0.245. The highest BCUT2D eigenvalue weighted by Gasteiger charge is 1.97. The van der Waals surface area contributed by atoms with Crippen LogP contribution in [0.15, 0.2) is 33.7 Å². The van der Waals surface area contributed by atoms with Crippen molar-refractivity contribution in [1.82, 2.24) is 0 Å². The molecule has 5 heteroatoms. The van der Waals surface area contributed by atoms with Crippen LogP contribution >= 0.6 is 27.7 Å². The highest BCUT2D eigenvalue weighted by Crippen LogP contribution is 2.16. The zero-order chi connectivity index (χ0) is 12.7. The summed E-state index contributed by atoms with van der Waals surface area (Å²) in [7, 11) is 0. The number of amidine groups is 1. The van der Waals surface area contributed by atoms with Gasteiger partial charge in [-0.2, -0.15) is 0 Å². The van der Waals surface area contributed by atoms with E-state index in [9.17, 15) is 0 Å². The zero-order valence-corrected chi connectivity index (χ0v) is 12.4. The van der Waals surface area contributed by atoms with E-state index in [1.54, 1.807) is 0 Å². The van der Waals surface area contributed by atoms with Gasteiger partial charge < -0.3 is 10.5 Å². The Morgan fingerprint density at radius 3 is 2.65 bits per heavy atom. The molecular formula is C12H17BrN2OS. The van der Waals surface area contributed by atoms with Gasteiger partial charge in [0.15, 0.2) is 5.17 Å². The standard InChI is InChI=1S/C12H17BrN2OS/c1-9(2)15-12(14)17-8-7-16-11-5-3-10(13)4-6-11/h3-6,9H,7-8H2,1-2H3,(H2,14,15). The largest absolute Gasteiger partial charge is 0.493 e. The van der Waals surface area contributed by atoms with Gasteiger partial charge in [0.25, 0.3) is 0 Å². The first-order chi connectivity index (χ1) is 8.08. The molecule has 0 bridgehead atoms. The van der Waals surface area contributed by atoms with Gasteiger partial charge in [0, 0.05) is 16.3 Å². The van der Waals surface area contributed by atoms with Gasteiger partial charge in [-0.1, -0.05) is 27.7 Å². The molecule has 0 spiro atoms. The second-order valence-corrected chi connectivity index (χ2v) is 5.74. The molecule has 0 radical (unpaired) electrons. The van der Waals surface area contributed by atoms with Crippen LogP contribution in [0, 0.1) is 0 Å². The SMILES string of the molecule is CC(C)N=C(N)SCCOc1ccc(Br)cc1. The Labute approximate surface area is 115 Å². The summed E-state index contributed by atoms with van der Waals surface area (Å²) in [6.45, 7) is 4.64. The average molecular weight is 317 g/mol. The lowest BCUT2D eigenvalue weighted by Crippen LogP contribution is -2.12. The molecule has 1 aromatic carbocycles. The highest BCUT2D eigenvalue weighted by atomic mass is 79.9. The number of thioether (sulfide) groups is 1. The van der Waals surface area contributed by atoms with Crippen molar-refractivity contribution in [3.63, 3.8) is 0 Å². The van der Waals surface area contributed by atoms with Crippen LogP contribution in [0.25, 0.3) is 0 Å². The molecule has 0 amide bonds. The summed E-state index contributed by atoms with van der Waals surface area (Å²) < 4.78 is 6.61. The number of hydrogen-bond donors (Lipinski definition) is 1. The second-order valence-electron chi connectivity index (χ2n) is 3.71. The van der Waals surface area contributed by atoms with Gasteiger partial charge >= 0.3 is 0 Å². The minimum atomic E-state index is 0.245. The lowest BCUT2D eigenvalue weighted by molar-refractivity contribution is 0.344. The average Bonchev–Trinajstić information content (AvgIpc) is 2.26. The molecular weight excluding hydrogens is 300 g/mol. The van der Waals surface area contributed by atoms with E-state index in [1.165, 1.54) is 11.8 Å². The Hall–Kier alpha value is -0.680. The molecule has 2 N–H and O–H groups in total. The molecule has 0 atom stereocenters. The van der Waals surface area contributed by atoms with Crippen LogP contribution in [0.1, 0.15) is 13.8 Å². The second kappa shape index (κ2) is 7.61. The predicted octanol–water partition coefficient (Wildman–Crippen LogP) is 3.28. The Bertz CT molecular complexity index is 365. The van der Waals surface area contributed by atoms with E-state index in [2.05, 4.69) is 20.9 Å². The Kier molecular flexibility index (Phi) is 6.44. The summed E-state index contributed by atoms with van der Waals surface area (Å²) in [4.78, 5) is 4.23. The molecule has 17 heavy (non-hydrogen) atoms. The Balaban J connectivity index is 2.22. The third-order valence-electron chi connectivity index (χ3n) is 1.80. The topological polar surface area (TPSA) is 47.6 Å². The Morgan fingerprint density at radius 2 is 2.06 bits per heavy atom. The molecule has 0 aliphatic heterocycles. The van der Waals surface area contributed by atoms with Crippen molar-refractivity contribution in [1.29, 1.82) is 0 Å². The van der Waals surface area contributed by atoms with Crippen molar-refractivity contribution in [2.24, 2.45) is 10.7 Å². The number of hydrogen-bond acceptors (Lipinski definition) is 3. The van der Waals surface area contributed by atoms with Crippen molar-refractivity contribution < 1.29 is 4.74 Å². The summed E-state index contributed by atoms with van der Waals surface area (Å²) in [6, 6.07) is 8.02. The number of halogens is 1. The smallest absolute Gasteiger partial charge is 0.154 e. The molecule has 0 aliphatic carbocycles. The van der Waals surface area contributed by atoms with E-state index in [4.69, 9.17) is 10.5 Å². The van der Waals surface area contributed by atoms with Gasteiger partial charge in [-0.3, -0.25) is 4.99 Å². The van der Waals surface area contributed by atoms with Crippen LogP contribution in [0.4, 0.5) is 0 Å². The van der Waals surface area contributed by atoms with Crippen molar-refractivity contribution >= 4 is 32.9 Å². The van der Waals surface area contributed by atoms with Crippen LogP contribution in [-0.4, -0.2) is 23.6 Å². The van der Waals surface area contributed by atoms with Gasteiger partial charge in [0.2, 0.25) is 0 Å². The molecule has 0 heterocycles. The molecule has 0 saturated heterocycles. The first-order valence-corrected chi connectivity index (χ1v) is 7.20. The van der Waals surface area contributed by atoms with E-state index in [0.717, 1.165) is 16.0 Å². The molecule has 0 fully saturated rings.